The standard InChI is InChI=1S/C22H15NO2S/c24-19-11-9-17(10-12-19)22(23-14-26)16-7-5-15(6-8-16)21-13-18-3-1-2-4-20(18)25-21/h1-13,22,24H. The maximum absolute atomic E-state index is 9.48. The van der Waals surface area contributed by atoms with Crippen LogP contribution < -0.4 is 0 Å². The second-order valence-corrected chi connectivity index (χ2v) is 6.17. The van der Waals surface area contributed by atoms with E-state index < -0.39 is 0 Å². The summed E-state index contributed by atoms with van der Waals surface area (Å²) in [4.78, 5) is 4.29. The average Bonchev–Trinajstić information content (AvgIpc) is 3.11. The molecule has 0 fully saturated rings. The first-order valence-corrected chi connectivity index (χ1v) is 8.60. The third-order valence-electron chi connectivity index (χ3n) is 4.33. The van der Waals surface area contributed by atoms with Gasteiger partial charge in [-0.05, 0) is 47.6 Å². The largest absolute Gasteiger partial charge is 0.508 e. The van der Waals surface area contributed by atoms with Crippen LogP contribution in [0.5, 0.6) is 5.75 Å². The van der Waals surface area contributed by atoms with Gasteiger partial charge in [0, 0.05) is 10.9 Å². The minimum absolute atomic E-state index is 0.221. The van der Waals surface area contributed by atoms with Crippen LogP contribution in [0.3, 0.4) is 0 Å². The normalized spacial score (nSPS) is 11.8. The first-order valence-electron chi connectivity index (χ1n) is 8.19. The van der Waals surface area contributed by atoms with Crippen LogP contribution in [0, 0.1) is 0 Å². The number of rotatable bonds is 4. The maximum atomic E-state index is 9.48. The monoisotopic (exact) mass is 357 g/mol. The van der Waals surface area contributed by atoms with Crippen LogP contribution in [0.4, 0.5) is 0 Å². The lowest BCUT2D eigenvalue weighted by atomic mass is 9.98. The van der Waals surface area contributed by atoms with Crippen LogP contribution in [0.2, 0.25) is 0 Å². The number of nitrogens with zero attached hydrogens (tertiary/aromatic N) is 1. The van der Waals surface area contributed by atoms with Gasteiger partial charge in [0.25, 0.3) is 0 Å². The predicted octanol–water partition coefficient (Wildman–Crippen LogP) is 6.00. The van der Waals surface area contributed by atoms with Gasteiger partial charge < -0.3 is 9.52 Å². The third-order valence-corrected chi connectivity index (χ3v) is 4.43. The number of thiocarbonyl (C=S) groups is 1. The van der Waals surface area contributed by atoms with E-state index in [0.29, 0.717) is 0 Å². The van der Waals surface area contributed by atoms with Crippen molar-refractivity contribution < 1.29 is 9.52 Å². The number of hydrogen-bond donors (Lipinski definition) is 1. The summed E-state index contributed by atoms with van der Waals surface area (Å²) < 4.78 is 5.92. The van der Waals surface area contributed by atoms with Crippen molar-refractivity contribution >= 4 is 28.3 Å². The maximum Gasteiger partial charge on any atom is 0.135 e. The van der Waals surface area contributed by atoms with E-state index >= 15 is 0 Å². The molecule has 1 atom stereocenters. The van der Waals surface area contributed by atoms with E-state index in [9.17, 15) is 5.11 Å². The van der Waals surface area contributed by atoms with Crippen molar-refractivity contribution in [1.29, 1.82) is 0 Å². The van der Waals surface area contributed by atoms with Gasteiger partial charge in [-0.25, -0.2) is 4.99 Å². The fraction of sp³-hybridized carbons (Fsp3) is 0.0455. The Bertz CT molecular complexity index is 1060. The van der Waals surface area contributed by atoms with E-state index in [-0.39, 0.29) is 11.8 Å². The Labute approximate surface area is 156 Å². The molecule has 0 aliphatic heterocycles. The van der Waals surface area contributed by atoms with Crippen molar-refractivity contribution in [2.75, 3.05) is 0 Å². The van der Waals surface area contributed by atoms with Crippen LogP contribution >= 0.6 is 12.2 Å². The first kappa shape index (κ1) is 16.3. The molecule has 4 rings (SSSR count). The van der Waals surface area contributed by atoms with E-state index in [2.05, 4.69) is 10.2 Å². The van der Waals surface area contributed by atoms with E-state index in [0.717, 1.165) is 33.4 Å². The van der Waals surface area contributed by atoms with Gasteiger partial charge in [-0.1, -0.05) is 54.6 Å². The fourth-order valence-corrected chi connectivity index (χ4v) is 3.11. The van der Waals surface area contributed by atoms with E-state index in [1.807, 2.05) is 66.7 Å². The van der Waals surface area contributed by atoms with Crippen molar-refractivity contribution in [2.24, 2.45) is 4.99 Å². The number of benzene rings is 3. The highest BCUT2D eigenvalue weighted by atomic mass is 32.1. The minimum Gasteiger partial charge on any atom is -0.508 e. The number of aromatic hydroxyl groups is 1. The van der Waals surface area contributed by atoms with E-state index in [4.69, 9.17) is 16.6 Å². The molecule has 126 valence electrons. The summed E-state index contributed by atoms with van der Waals surface area (Å²) in [5.74, 6) is 1.05. The number of furan rings is 1. The van der Waals surface area contributed by atoms with Gasteiger partial charge in [-0.15, -0.1) is 0 Å². The number of aliphatic imine (C=N–C) groups is 1. The number of isothiocyanates is 1. The number of phenols is 1. The molecular formula is C22H15NO2S. The molecule has 0 amide bonds. The quantitative estimate of drug-likeness (QED) is 0.360. The molecule has 3 aromatic carbocycles. The average molecular weight is 357 g/mol. The summed E-state index contributed by atoms with van der Waals surface area (Å²) in [5.41, 5.74) is 3.81. The molecule has 0 saturated carbocycles. The highest BCUT2D eigenvalue weighted by molar-refractivity contribution is 7.78. The summed E-state index contributed by atoms with van der Waals surface area (Å²) in [6.07, 6.45) is 0. The molecule has 0 saturated heterocycles. The van der Waals surface area contributed by atoms with Crippen molar-refractivity contribution in [3.05, 3.63) is 90.0 Å². The van der Waals surface area contributed by atoms with Crippen molar-refractivity contribution in [2.45, 2.75) is 6.04 Å². The Hall–Kier alpha value is -3.20. The van der Waals surface area contributed by atoms with Crippen molar-refractivity contribution in [1.82, 2.24) is 0 Å². The Morgan fingerprint density at radius 1 is 0.885 bits per heavy atom. The molecular weight excluding hydrogens is 342 g/mol. The Morgan fingerprint density at radius 2 is 1.54 bits per heavy atom. The van der Waals surface area contributed by atoms with E-state index in [1.165, 1.54) is 0 Å². The number of phenolic OH excluding ortho intramolecular Hbond substituents is 1. The Morgan fingerprint density at radius 3 is 2.19 bits per heavy atom. The van der Waals surface area contributed by atoms with Gasteiger partial charge in [0.1, 0.15) is 23.1 Å². The zero-order valence-corrected chi connectivity index (χ0v) is 14.6. The predicted molar refractivity (Wildman–Crippen MR) is 107 cm³/mol. The Kier molecular flexibility index (Phi) is 4.36. The van der Waals surface area contributed by atoms with Crippen LogP contribution in [0.25, 0.3) is 22.3 Å². The van der Waals surface area contributed by atoms with Crippen LogP contribution in [-0.2, 0) is 0 Å². The summed E-state index contributed by atoms with van der Waals surface area (Å²) in [7, 11) is 0. The topological polar surface area (TPSA) is 45.7 Å². The summed E-state index contributed by atoms with van der Waals surface area (Å²) in [6.45, 7) is 0. The minimum atomic E-state index is -0.252. The van der Waals surface area contributed by atoms with Crippen LogP contribution in [-0.4, -0.2) is 10.3 Å². The molecule has 0 spiro atoms. The SMILES string of the molecule is Oc1ccc(C(N=C=S)c2ccc(-c3cc4ccccc4o3)cc2)cc1. The summed E-state index contributed by atoms with van der Waals surface area (Å²) in [5, 5.41) is 13.0. The molecule has 3 nitrogen and oxygen atoms in total. The second kappa shape index (κ2) is 6.96. The number of fused-ring (bicyclic) bond motifs is 1. The molecule has 1 N–H and O–H groups in total. The molecule has 1 unspecified atom stereocenters. The van der Waals surface area contributed by atoms with Crippen molar-refractivity contribution in [3.8, 4) is 17.1 Å². The molecule has 0 bridgehead atoms. The zero-order valence-electron chi connectivity index (χ0n) is 13.8. The van der Waals surface area contributed by atoms with Crippen LogP contribution in [0.1, 0.15) is 17.2 Å². The van der Waals surface area contributed by atoms with E-state index in [1.54, 1.807) is 12.1 Å². The molecule has 1 heterocycles. The molecule has 0 aliphatic rings. The lowest BCUT2D eigenvalue weighted by Gasteiger charge is -2.12. The number of para-hydroxylation sites is 1. The smallest absolute Gasteiger partial charge is 0.135 e. The molecule has 0 aliphatic carbocycles. The van der Waals surface area contributed by atoms with Crippen LogP contribution in [0.15, 0.2) is 88.3 Å². The molecule has 1 aromatic heterocycles. The van der Waals surface area contributed by atoms with Crippen molar-refractivity contribution in [3.63, 3.8) is 0 Å². The molecule has 0 radical (unpaired) electrons. The molecule has 4 heteroatoms. The third kappa shape index (κ3) is 3.16. The summed E-state index contributed by atoms with van der Waals surface area (Å²) in [6, 6.07) is 24.7. The highest BCUT2D eigenvalue weighted by Gasteiger charge is 2.14. The van der Waals surface area contributed by atoms with Gasteiger partial charge in [0.15, 0.2) is 0 Å². The highest BCUT2D eigenvalue weighted by Crippen LogP contribution is 2.31. The number of hydrogen-bond acceptors (Lipinski definition) is 4. The lowest BCUT2D eigenvalue weighted by Crippen LogP contribution is -1.97. The van der Waals surface area contributed by atoms with Gasteiger partial charge in [0.05, 0.1) is 5.16 Å². The van der Waals surface area contributed by atoms with Gasteiger partial charge in [0.2, 0.25) is 0 Å². The Balaban J connectivity index is 1.69. The lowest BCUT2D eigenvalue weighted by molar-refractivity contribution is 0.475. The molecule has 26 heavy (non-hydrogen) atoms. The van der Waals surface area contributed by atoms with Gasteiger partial charge in [-0.3, -0.25) is 0 Å². The second-order valence-electron chi connectivity index (χ2n) is 5.98. The van der Waals surface area contributed by atoms with Gasteiger partial charge in [-0.2, -0.15) is 0 Å². The first-order chi connectivity index (χ1) is 12.7. The summed E-state index contributed by atoms with van der Waals surface area (Å²) >= 11 is 4.81. The molecule has 4 aromatic rings. The van der Waals surface area contributed by atoms with Gasteiger partial charge >= 0.3 is 0 Å². The fourth-order valence-electron chi connectivity index (χ4n) is 3.00. The zero-order chi connectivity index (χ0) is 17.9.